The molecule has 0 N–H and O–H groups in total. The molecule has 5 aliphatic carbocycles. The maximum atomic E-state index is 6.27. The van der Waals surface area contributed by atoms with Crippen LogP contribution in [0.1, 0.15) is 30.4 Å². The quantitative estimate of drug-likeness (QED) is 0.283. The van der Waals surface area contributed by atoms with Crippen LogP contribution in [0.25, 0.3) is 33.4 Å². The van der Waals surface area contributed by atoms with E-state index < -0.39 is 0 Å². The second-order valence-electron chi connectivity index (χ2n) is 11.5. The van der Waals surface area contributed by atoms with Crippen LogP contribution >= 0.6 is 11.6 Å². The molecule has 2 spiro atoms. The Bertz CT molecular complexity index is 1520. The number of fused-ring (bicyclic) bond motifs is 7. The van der Waals surface area contributed by atoms with Crippen molar-refractivity contribution in [2.75, 3.05) is 0 Å². The number of hydrogen-bond acceptors (Lipinski definition) is 0. The molecule has 34 heavy (non-hydrogen) atoms. The van der Waals surface area contributed by atoms with Gasteiger partial charge in [0.05, 0.1) is 0 Å². The molecule has 5 aliphatic rings. The lowest BCUT2D eigenvalue weighted by Crippen LogP contribution is -2.88. The first-order chi connectivity index (χ1) is 16.7. The van der Waals surface area contributed by atoms with Crippen molar-refractivity contribution in [2.24, 2.45) is 29.1 Å². The third-order valence-electron chi connectivity index (χ3n) is 10.8. The Kier molecular flexibility index (Phi) is 3.19. The summed E-state index contributed by atoms with van der Waals surface area (Å²) in [5.74, 6) is 3.89. The van der Waals surface area contributed by atoms with E-state index in [1.807, 2.05) is 18.2 Å². The third-order valence-corrected chi connectivity index (χ3v) is 11.0. The van der Waals surface area contributed by atoms with E-state index >= 15 is 0 Å². The molecular formula is C33H25Cl. The second kappa shape index (κ2) is 5.86. The fraction of sp³-hybridized carbons (Fsp3) is 0.273. The Morgan fingerprint density at radius 3 is 1.94 bits per heavy atom. The largest absolute Gasteiger partial charge is 0.0843 e. The molecular weight excluding hydrogens is 432 g/mol. The summed E-state index contributed by atoms with van der Waals surface area (Å²) in [6.07, 6.45) is 4.45. The van der Waals surface area contributed by atoms with Crippen LogP contribution in [0.4, 0.5) is 0 Å². The number of halogens is 1. The van der Waals surface area contributed by atoms with Crippen LogP contribution in [0, 0.1) is 29.1 Å². The molecule has 0 amide bonds. The highest BCUT2D eigenvalue weighted by atomic mass is 35.5. The molecule has 0 aliphatic heterocycles. The smallest absolute Gasteiger partial charge is 0.0412 e. The molecule has 1 heteroatoms. The van der Waals surface area contributed by atoms with Crippen molar-refractivity contribution in [2.45, 2.75) is 24.7 Å². The first-order valence-electron chi connectivity index (χ1n) is 12.8. The number of rotatable bonds is 2. The molecule has 164 valence electrons. The zero-order chi connectivity index (χ0) is 22.2. The zero-order valence-electron chi connectivity index (χ0n) is 19.0. The monoisotopic (exact) mass is 456 g/mol. The van der Waals surface area contributed by atoms with Crippen molar-refractivity contribution >= 4 is 11.6 Å². The van der Waals surface area contributed by atoms with E-state index in [-0.39, 0.29) is 0 Å². The van der Waals surface area contributed by atoms with Gasteiger partial charge in [-0.25, -0.2) is 0 Å². The predicted molar refractivity (Wildman–Crippen MR) is 139 cm³/mol. The molecule has 4 fully saturated rings. The van der Waals surface area contributed by atoms with Crippen molar-refractivity contribution in [1.29, 1.82) is 0 Å². The molecule has 4 aromatic rings. The highest BCUT2D eigenvalue weighted by Gasteiger charge is 2.90. The fourth-order valence-electron chi connectivity index (χ4n) is 9.70. The SMILES string of the molecule is Clc1cccc(-c2cccc(-c3ccc4c(c3)-c3ccccc3C43C4CC5CC6CC3C564)c2)c1. The first-order valence-corrected chi connectivity index (χ1v) is 13.2. The Hall–Kier alpha value is -2.83. The lowest BCUT2D eigenvalue weighted by molar-refractivity contribution is -0.412. The van der Waals surface area contributed by atoms with Crippen molar-refractivity contribution in [3.8, 4) is 33.4 Å². The molecule has 0 nitrogen and oxygen atoms in total. The summed E-state index contributed by atoms with van der Waals surface area (Å²) in [4.78, 5) is 0. The first kappa shape index (κ1) is 18.5. The zero-order valence-corrected chi connectivity index (χ0v) is 19.7. The van der Waals surface area contributed by atoms with E-state index in [2.05, 4.69) is 72.8 Å². The van der Waals surface area contributed by atoms with Crippen molar-refractivity contribution in [3.05, 3.63) is 107 Å². The standard InChI is InChI=1S/C33H25Cl/c34-25-8-4-7-21(14-25)19-5-3-6-20(13-19)22-11-12-29-27(15-22)26-9-1-2-10-28(26)33(29)30-17-23-16-24-18-31(33)32(23,24)30/h1-15,23-24,30-31H,16-18H2. The lowest BCUT2D eigenvalue weighted by atomic mass is 9.11. The maximum absolute atomic E-state index is 6.27. The molecule has 9 rings (SSSR count). The third kappa shape index (κ3) is 1.81. The van der Waals surface area contributed by atoms with E-state index in [1.165, 1.54) is 52.6 Å². The lowest BCUT2D eigenvalue weighted by Gasteiger charge is -2.92. The summed E-state index contributed by atoms with van der Waals surface area (Å²) in [7, 11) is 0. The van der Waals surface area contributed by atoms with Gasteiger partial charge in [-0.3, -0.25) is 0 Å². The average Bonchev–Trinajstić information content (AvgIpc) is 3.12. The van der Waals surface area contributed by atoms with Gasteiger partial charge in [-0.2, -0.15) is 0 Å². The van der Waals surface area contributed by atoms with Crippen LogP contribution in [0.3, 0.4) is 0 Å². The number of benzene rings is 4. The Morgan fingerprint density at radius 2 is 1.21 bits per heavy atom. The Balaban J connectivity index is 1.19. The van der Waals surface area contributed by atoms with Gasteiger partial charge >= 0.3 is 0 Å². The minimum atomic E-state index is 0.306. The molecule has 0 aromatic heterocycles. The van der Waals surface area contributed by atoms with Crippen LogP contribution in [0.15, 0.2) is 91.0 Å². The van der Waals surface area contributed by atoms with Gasteiger partial charge in [-0.05, 0) is 117 Å². The summed E-state index contributed by atoms with van der Waals surface area (Å²) in [5, 5.41) is 0.781. The molecule has 0 saturated heterocycles. The minimum absolute atomic E-state index is 0.306. The van der Waals surface area contributed by atoms with Gasteiger partial charge in [0.2, 0.25) is 0 Å². The van der Waals surface area contributed by atoms with E-state index in [0.717, 1.165) is 34.1 Å². The predicted octanol–water partition coefficient (Wildman–Crippen LogP) is 8.62. The molecule has 0 radical (unpaired) electrons. The minimum Gasteiger partial charge on any atom is -0.0843 e. The summed E-state index contributed by atoms with van der Waals surface area (Å²) in [5.41, 5.74) is 12.3. The Morgan fingerprint density at radius 1 is 0.559 bits per heavy atom. The highest BCUT2D eigenvalue weighted by Crippen LogP contribution is 2.94. The van der Waals surface area contributed by atoms with Crippen LogP contribution in [0.5, 0.6) is 0 Å². The van der Waals surface area contributed by atoms with Gasteiger partial charge in [0.15, 0.2) is 0 Å². The summed E-state index contributed by atoms with van der Waals surface area (Å²) in [6.45, 7) is 0. The van der Waals surface area contributed by atoms with Gasteiger partial charge in [0.1, 0.15) is 0 Å². The van der Waals surface area contributed by atoms with Crippen LogP contribution < -0.4 is 0 Å². The van der Waals surface area contributed by atoms with Crippen molar-refractivity contribution < 1.29 is 0 Å². The maximum Gasteiger partial charge on any atom is 0.0412 e. The Labute approximate surface area is 205 Å². The van der Waals surface area contributed by atoms with Crippen molar-refractivity contribution in [3.63, 3.8) is 0 Å². The van der Waals surface area contributed by atoms with E-state index in [1.54, 1.807) is 11.1 Å². The van der Waals surface area contributed by atoms with E-state index in [4.69, 9.17) is 11.6 Å². The van der Waals surface area contributed by atoms with Gasteiger partial charge < -0.3 is 0 Å². The van der Waals surface area contributed by atoms with E-state index in [0.29, 0.717) is 5.41 Å². The highest BCUT2D eigenvalue weighted by molar-refractivity contribution is 6.30. The van der Waals surface area contributed by atoms with Gasteiger partial charge in [0, 0.05) is 10.4 Å². The number of hydrogen-bond donors (Lipinski definition) is 0. The summed E-state index contributed by atoms with van der Waals surface area (Å²) in [6, 6.07) is 33.8. The average molecular weight is 457 g/mol. The molecule has 0 bridgehead atoms. The molecule has 4 aromatic carbocycles. The van der Waals surface area contributed by atoms with Crippen LogP contribution in [-0.4, -0.2) is 0 Å². The fourth-order valence-corrected chi connectivity index (χ4v) is 9.89. The second-order valence-corrected chi connectivity index (χ2v) is 11.9. The normalized spacial score (nSPS) is 34.5. The van der Waals surface area contributed by atoms with E-state index in [9.17, 15) is 0 Å². The summed E-state index contributed by atoms with van der Waals surface area (Å²) < 4.78 is 0. The van der Waals surface area contributed by atoms with Gasteiger partial charge in [-0.1, -0.05) is 78.3 Å². The molecule has 4 saturated carbocycles. The van der Waals surface area contributed by atoms with Gasteiger partial charge in [-0.15, -0.1) is 0 Å². The summed E-state index contributed by atoms with van der Waals surface area (Å²) >= 11 is 6.27. The van der Waals surface area contributed by atoms with Crippen molar-refractivity contribution in [1.82, 2.24) is 0 Å². The molecule has 4 atom stereocenters. The van der Waals surface area contributed by atoms with Crippen LogP contribution in [0.2, 0.25) is 5.02 Å². The topological polar surface area (TPSA) is 0 Å². The van der Waals surface area contributed by atoms with Gasteiger partial charge in [0.25, 0.3) is 0 Å². The van der Waals surface area contributed by atoms with Crippen LogP contribution in [-0.2, 0) is 5.41 Å². The molecule has 0 heterocycles. The molecule has 4 unspecified atom stereocenters.